The van der Waals surface area contributed by atoms with E-state index in [-0.39, 0.29) is 5.92 Å². The lowest BCUT2D eigenvalue weighted by atomic mass is 9.97. The van der Waals surface area contributed by atoms with Crippen LogP contribution in [0.4, 0.5) is 5.82 Å². The number of rotatable bonds is 4. The van der Waals surface area contributed by atoms with E-state index in [2.05, 4.69) is 63.4 Å². The lowest BCUT2D eigenvalue weighted by Gasteiger charge is -2.32. The number of piperidine rings is 1. The number of anilines is 1. The summed E-state index contributed by atoms with van der Waals surface area (Å²) in [6.45, 7) is 8.15. The number of aryl methyl sites for hydroxylation is 1. The number of hydrogen-bond donors (Lipinski definition) is 0. The number of aromatic nitrogens is 4. The van der Waals surface area contributed by atoms with Gasteiger partial charge in [0.1, 0.15) is 0 Å². The fourth-order valence-electron chi connectivity index (χ4n) is 3.71. The molecule has 3 aromatic rings. The first kappa shape index (κ1) is 16.9. The van der Waals surface area contributed by atoms with Crippen LogP contribution in [0, 0.1) is 12.8 Å². The van der Waals surface area contributed by atoms with Crippen molar-refractivity contribution in [2.45, 2.75) is 46.0 Å². The average molecular weight is 351 g/mol. The molecule has 136 valence electrons. The van der Waals surface area contributed by atoms with Crippen LogP contribution < -0.4 is 4.90 Å². The minimum absolute atomic E-state index is 0.249. The molecule has 0 bridgehead atoms. The highest BCUT2D eigenvalue weighted by Crippen LogP contribution is 2.32. The molecular weight excluding hydrogens is 326 g/mol. The largest absolute Gasteiger partial charge is 0.354 e. The van der Waals surface area contributed by atoms with Gasteiger partial charge in [0.05, 0.1) is 11.6 Å². The van der Waals surface area contributed by atoms with Gasteiger partial charge in [0.15, 0.2) is 11.6 Å². The molecule has 1 aromatic carbocycles. The molecule has 1 saturated heterocycles. The van der Waals surface area contributed by atoms with Gasteiger partial charge in [-0.3, -0.25) is 0 Å². The fourth-order valence-corrected chi connectivity index (χ4v) is 3.71. The summed E-state index contributed by atoms with van der Waals surface area (Å²) in [5.41, 5.74) is 0.966. The number of nitrogens with zero attached hydrogens (tertiary/aromatic N) is 5. The lowest BCUT2D eigenvalue weighted by Crippen LogP contribution is -2.35. The van der Waals surface area contributed by atoms with E-state index >= 15 is 0 Å². The summed E-state index contributed by atoms with van der Waals surface area (Å²) >= 11 is 0. The fraction of sp³-hybridized carbons (Fsp3) is 0.500. The minimum atomic E-state index is 0.249. The second-order valence-electron chi connectivity index (χ2n) is 7.59. The van der Waals surface area contributed by atoms with Crippen molar-refractivity contribution in [2.24, 2.45) is 5.92 Å². The third-order valence-corrected chi connectivity index (χ3v) is 5.00. The van der Waals surface area contributed by atoms with Gasteiger partial charge in [0, 0.05) is 30.3 Å². The summed E-state index contributed by atoms with van der Waals surface area (Å²) in [5.74, 6) is 3.30. The van der Waals surface area contributed by atoms with Crippen molar-refractivity contribution >= 4 is 16.6 Å². The molecule has 2 aromatic heterocycles. The third kappa shape index (κ3) is 3.28. The Morgan fingerprint density at radius 1 is 1.19 bits per heavy atom. The van der Waals surface area contributed by atoms with Crippen molar-refractivity contribution in [1.29, 1.82) is 0 Å². The van der Waals surface area contributed by atoms with E-state index in [9.17, 15) is 0 Å². The molecule has 3 heterocycles. The molecular formula is C20H25N5O. The van der Waals surface area contributed by atoms with Gasteiger partial charge in [-0.25, -0.2) is 0 Å². The Morgan fingerprint density at radius 2 is 2.00 bits per heavy atom. The maximum absolute atomic E-state index is 5.57. The molecule has 0 amide bonds. The van der Waals surface area contributed by atoms with Gasteiger partial charge in [-0.2, -0.15) is 10.1 Å². The second-order valence-corrected chi connectivity index (χ2v) is 7.59. The summed E-state index contributed by atoms with van der Waals surface area (Å²) in [4.78, 5) is 6.95. The van der Waals surface area contributed by atoms with Crippen LogP contribution in [0.15, 0.2) is 28.8 Å². The zero-order valence-electron chi connectivity index (χ0n) is 15.6. The van der Waals surface area contributed by atoms with E-state index in [0.717, 1.165) is 66.4 Å². The van der Waals surface area contributed by atoms with E-state index in [1.54, 1.807) is 0 Å². The molecule has 6 nitrogen and oxygen atoms in total. The van der Waals surface area contributed by atoms with Gasteiger partial charge < -0.3 is 9.42 Å². The molecule has 0 aliphatic carbocycles. The van der Waals surface area contributed by atoms with Gasteiger partial charge in [-0.1, -0.05) is 43.3 Å². The van der Waals surface area contributed by atoms with Gasteiger partial charge >= 0.3 is 0 Å². The van der Waals surface area contributed by atoms with Crippen molar-refractivity contribution in [3.63, 3.8) is 0 Å². The van der Waals surface area contributed by atoms with Crippen LogP contribution in [0.1, 0.15) is 50.0 Å². The summed E-state index contributed by atoms with van der Waals surface area (Å²) < 4.78 is 5.57. The van der Waals surface area contributed by atoms with Crippen LogP contribution in [-0.2, 0) is 6.42 Å². The van der Waals surface area contributed by atoms with Crippen LogP contribution in [0.25, 0.3) is 10.8 Å². The molecule has 4 rings (SSSR count). The van der Waals surface area contributed by atoms with E-state index in [1.165, 1.54) is 0 Å². The van der Waals surface area contributed by atoms with Crippen molar-refractivity contribution in [3.8, 4) is 0 Å². The minimum Gasteiger partial charge on any atom is -0.354 e. The van der Waals surface area contributed by atoms with E-state index in [0.29, 0.717) is 5.92 Å². The Bertz CT molecular complexity index is 904. The molecule has 1 fully saturated rings. The summed E-state index contributed by atoms with van der Waals surface area (Å²) in [6.07, 6.45) is 3.00. The van der Waals surface area contributed by atoms with Crippen molar-refractivity contribution in [2.75, 3.05) is 18.0 Å². The molecule has 0 radical (unpaired) electrons. The molecule has 1 aliphatic heterocycles. The number of fused-ring (bicyclic) bond motifs is 1. The van der Waals surface area contributed by atoms with Crippen LogP contribution in [0.3, 0.4) is 0 Å². The Hall–Kier alpha value is -2.50. The first-order chi connectivity index (χ1) is 12.6. The molecule has 26 heavy (non-hydrogen) atoms. The third-order valence-electron chi connectivity index (χ3n) is 5.00. The molecule has 0 saturated carbocycles. The summed E-state index contributed by atoms with van der Waals surface area (Å²) in [6, 6.07) is 8.35. The molecule has 1 unspecified atom stereocenters. The van der Waals surface area contributed by atoms with E-state index < -0.39 is 0 Å². The number of hydrogen-bond acceptors (Lipinski definition) is 6. The normalized spacial score (nSPS) is 18.0. The van der Waals surface area contributed by atoms with Gasteiger partial charge in [-0.15, -0.1) is 5.10 Å². The van der Waals surface area contributed by atoms with Gasteiger partial charge in [0.2, 0.25) is 5.89 Å². The Morgan fingerprint density at radius 3 is 2.81 bits per heavy atom. The average Bonchev–Trinajstić information content (AvgIpc) is 3.10. The molecule has 0 spiro atoms. The van der Waals surface area contributed by atoms with Crippen LogP contribution >= 0.6 is 0 Å². The molecule has 1 aliphatic rings. The van der Waals surface area contributed by atoms with Crippen molar-refractivity contribution < 1.29 is 4.52 Å². The predicted octanol–water partition coefficient (Wildman–Crippen LogP) is 3.90. The monoisotopic (exact) mass is 351 g/mol. The highest BCUT2D eigenvalue weighted by Gasteiger charge is 2.28. The van der Waals surface area contributed by atoms with Crippen molar-refractivity contribution in [1.82, 2.24) is 20.3 Å². The summed E-state index contributed by atoms with van der Waals surface area (Å²) in [7, 11) is 0. The van der Waals surface area contributed by atoms with Crippen LogP contribution in [-0.4, -0.2) is 33.4 Å². The topological polar surface area (TPSA) is 67.9 Å². The SMILES string of the molecule is Cc1nnc(N2CCCC(c3nc(CC(C)C)no3)C2)c2ccccc12. The predicted molar refractivity (Wildman–Crippen MR) is 101 cm³/mol. The zero-order chi connectivity index (χ0) is 18.1. The molecule has 6 heteroatoms. The summed E-state index contributed by atoms with van der Waals surface area (Å²) in [5, 5.41) is 15.4. The first-order valence-electron chi connectivity index (χ1n) is 9.41. The maximum atomic E-state index is 5.57. The zero-order valence-corrected chi connectivity index (χ0v) is 15.6. The smallest absolute Gasteiger partial charge is 0.231 e. The standard InChI is InChI=1S/C20H25N5O/c1-13(2)11-18-21-20(26-24-18)15-7-6-10-25(12-15)19-17-9-5-4-8-16(17)14(3)22-23-19/h4-5,8-9,13,15H,6-7,10-12H2,1-3H3. The Kier molecular flexibility index (Phi) is 4.57. The van der Waals surface area contributed by atoms with E-state index in [1.807, 2.05) is 6.92 Å². The quantitative estimate of drug-likeness (QED) is 0.710. The van der Waals surface area contributed by atoms with Crippen LogP contribution in [0.5, 0.6) is 0 Å². The maximum Gasteiger partial charge on any atom is 0.231 e. The Labute approximate surface area is 153 Å². The highest BCUT2D eigenvalue weighted by atomic mass is 16.5. The molecule has 0 N–H and O–H groups in total. The molecule has 1 atom stereocenters. The number of benzene rings is 1. The van der Waals surface area contributed by atoms with Gasteiger partial charge in [-0.05, 0) is 25.7 Å². The van der Waals surface area contributed by atoms with Gasteiger partial charge in [0.25, 0.3) is 0 Å². The Balaban J connectivity index is 1.60. The van der Waals surface area contributed by atoms with E-state index in [4.69, 9.17) is 4.52 Å². The van der Waals surface area contributed by atoms with Crippen molar-refractivity contribution in [3.05, 3.63) is 41.7 Å². The lowest BCUT2D eigenvalue weighted by molar-refractivity contribution is 0.329. The first-order valence-corrected chi connectivity index (χ1v) is 9.41. The highest BCUT2D eigenvalue weighted by molar-refractivity contribution is 5.93. The van der Waals surface area contributed by atoms with Crippen LogP contribution in [0.2, 0.25) is 0 Å². The second kappa shape index (κ2) is 7.02.